The number of carbonyl (C=O) groups is 2. The first-order valence-electron chi connectivity index (χ1n) is 7.54. The van der Waals surface area contributed by atoms with Gasteiger partial charge in [0.25, 0.3) is 0 Å². The van der Waals surface area contributed by atoms with Crippen LogP contribution in [0.4, 0.5) is 5.69 Å². The monoisotopic (exact) mass is 362 g/mol. The minimum atomic E-state index is -0.101. The molecule has 0 aromatic heterocycles. The highest BCUT2D eigenvalue weighted by molar-refractivity contribution is 8.00. The van der Waals surface area contributed by atoms with Crippen LogP contribution in [-0.2, 0) is 16.0 Å². The van der Waals surface area contributed by atoms with Gasteiger partial charge in [0.1, 0.15) is 0 Å². The fourth-order valence-corrected chi connectivity index (χ4v) is 2.89. The van der Waals surface area contributed by atoms with Crippen LogP contribution in [-0.4, -0.2) is 24.1 Å². The number of rotatable bonds is 7. The van der Waals surface area contributed by atoms with Gasteiger partial charge in [-0.05, 0) is 48.4 Å². The van der Waals surface area contributed by atoms with Crippen molar-refractivity contribution in [3.63, 3.8) is 0 Å². The van der Waals surface area contributed by atoms with Crippen LogP contribution in [0.3, 0.4) is 0 Å². The number of halogens is 1. The average molecular weight is 363 g/mol. The van der Waals surface area contributed by atoms with E-state index in [2.05, 4.69) is 10.6 Å². The lowest BCUT2D eigenvalue weighted by atomic mass is 10.1. The van der Waals surface area contributed by atoms with Crippen LogP contribution < -0.4 is 10.6 Å². The first-order chi connectivity index (χ1) is 11.5. The maximum absolute atomic E-state index is 11.9. The lowest BCUT2D eigenvalue weighted by Gasteiger charge is -2.06. The van der Waals surface area contributed by atoms with E-state index in [-0.39, 0.29) is 11.8 Å². The Morgan fingerprint density at radius 1 is 1.04 bits per heavy atom. The Labute approximate surface area is 151 Å². The fourth-order valence-electron chi connectivity index (χ4n) is 2.03. The summed E-state index contributed by atoms with van der Waals surface area (Å²) < 4.78 is 0. The predicted molar refractivity (Wildman–Crippen MR) is 99.6 cm³/mol. The SMILES string of the molecule is CC(=O)Nc1ccc(SCC(=O)NCCc2ccc(Cl)cc2)cc1. The Morgan fingerprint density at radius 3 is 2.33 bits per heavy atom. The number of hydrogen-bond acceptors (Lipinski definition) is 3. The summed E-state index contributed by atoms with van der Waals surface area (Å²) >= 11 is 7.30. The molecule has 126 valence electrons. The molecular weight excluding hydrogens is 344 g/mol. The summed E-state index contributed by atoms with van der Waals surface area (Å²) in [6.45, 7) is 2.07. The Balaban J connectivity index is 1.69. The van der Waals surface area contributed by atoms with E-state index in [1.165, 1.54) is 18.7 Å². The molecule has 2 rings (SSSR count). The molecule has 0 aliphatic rings. The fraction of sp³-hybridized carbons (Fsp3) is 0.222. The maximum atomic E-state index is 11.9. The minimum absolute atomic E-state index is 0.0000916. The molecule has 2 aromatic rings. The normalized spacial score (nSPS) is 10.2. The van der Waals surface area contributed by atoms with Crippen molar-refractivity contribution in [1.82, 2.24) is 5.32 Å². The molecule has 0 radical (unpaired) electrons. The number of nitrogens with one attached hydrogen (secondary N) is 2. The molecule has 0 saturated carbocycles. The summed E-state index contributed by atoms with van der Waals surface area (Å²) in [6.07, 6.45) is 0.777. The first-order valence-corrected chi connectivity index (χ1v) is 8.91. The highest BCUT2D eigenvalue weighted by atomic mass is 35.5. The standard InChI is InChI=1S/C18H19ClN2O2S/c1-13(22)21-16-6-8-17(9-7-16)24-12-18(23)20-11-10-14-2-4-15(19)5-3-14/h2-9H,10-12H2,1H3,(H,20,23)(H,21,22). The molecule has 2 aromatic carbocycles. The molecule has 2 amide bonds. The van der Waals surface area contributed by atoms with Gasteiger partial charge < -0.3 is 10.6 Å². The van der Waals surface area contributed by atoms with Gasteiger partial charge in [-0.25, -0.2) is 0 Å². The molecule has 0 spiro atoms. The lowest BCUT2D eigenvalue weighted by molar-refractivity contribution is -0.118. The second-order valence-electron chi connectivity index (χ2n) is 5.22. The van der Waals surface area contributed by atoms with Crippen molar-refractivity contribution < 1.29 is 9.59 Å². The Morgan fingerprint density at radius 2 is 1.71 bits per heavy atom. The zero-order valence-electron chi connectivity index (χ0n) is 13.3. The van der Waals surface area contributed by atoms with Crippen molar-refractivity contribution in [3.8, 4) is 0 Å². The highest BCUT2D eigenvalue weighted by Gasteiger charge is 2.03. The van der Waals surface area contributed by atoms with Gasteiger partial charge in [0, 0.05) is 29.1 Å². The number of thioether (sulfide) groups is 1. The van der Waals surface area contributed by atoms with Crippen molar-refractivity contribution in [3.05, 3.63) is 59.1 Å². The van der Waals surface area contributed by atoms with Crippen molar-refractivity contribution >= 4 is 40.9 Å². The van der Waals surface area contributed by atoms with Crippen LogP contribution in [0.25, 0.3) is 0 Å². The van der Waals surface area contributed by atoms with Gasteiger partial charge in [0.05, 0.1) is 5.75 Å². The summed E-state index contributed by atoms with van der Waals surface area (Å²) in [5.41, 5.74) is 1.89. The Bertz CT molecular complexity index is 687. The van der Waals surface area contributed by atoms with Gasteiger partial charge >= 0.3 is 0 Å². The molecule has 0 heterocycles. The molecule has 4 nitrogen and oxygen atoms in total. The van der Waals surface area contributed by atoms with E-state index in [0.717, 1.165) is 22.6 Å². The summed E-state index contributed by atoms with van der Waals surface area (Å²) in [5.74, 6) is 0.260. The Hall–Kier alpha value is -1.98. The number of anilines is 1. The van der Waals surface area contributed by atoms with Crippen molar-refractivity contribution in [2.75, 3.05) is 17.6 Å². The molecule has 2 N–H and O–H groups in total. The van der Waals surface area contributed by atoms with Gasteiger partial charge in [-0.2, -0.15) is 0 Å². The molecule has 0 unspecified atom stereocenters. The van der Waals surface area contributed by atoms with E-state index in [1.807, 2.05) is 48.5 Å². The van der Waals surface area contributed by atoms with Crippen LogP contribution in [0.2, 0.25) is 5.02 Å². The van der Waals surface area contributed by atoms with Crippen molar-refractivity contribution in [2.45, 2.75) is 18.2 Å². The molecule has 0 bridgehead atoms. The van der Waals surface area contributed by atoms with Crippen LogP contribution >= 0.6 is 23.4 Å². The van der Waals surface area contributed by atoms with Gasteiger partial charge in [-0.3, -0.25) is 9.59 Å². The average Bonchev–Trinajstić information content (AvgIpc) is 2.55. The van der Waals surface area contributed by atoms with E-state index in [9.17, 15) is 9.59 Å². The molecule has 24 heavy (non-hydrogen) atoms. The number of benzene rings is 2. The van der Waals surface area contributed by atoms with Gasteiger partial charge in [0.2, 0.25) is 11.8 Å². The van der Waals surface area contributed by atoms with E-state index < -0.39 is 0 Å². The molecule has 0 fully saturated rings. The maximum Gasteiger partial charge on any atom is 0.230 e. The second kappa shape index (κ2) is 9.35. The first kappa shape index (κ1) is 18.4. The van der Waals surface area contributed by atoms with Crippen LogP contribution in [0, 0.1) is 0 Å². The topological polar surface area (TPSA) is 58.2 Å². The Kier molecular flexibility index (Phi) is 7.15. The van der Waals surface area contributed by atoms with E-state index in [1.54, 1.807) is 0 Å². The predicted octanol–water partition coefficient (Wildman–Crippen LogP) is 3.75. The minimum Gasteiger partial charge on any atom is -0.355 e. The third kappa shape index (κ3) is 6.64. The van der Waals surface area contributed by atoms with Crippen molar-refractivity contribution in [2.24, 2.45) is 0 Å². The van der Waals surface area contributed by atoms with E-state index in [4.69, 9.17) is 11.6 Å². The number of carbonyl (C=O) groups excluding carboxylic acids is 2. The molecule has 0 saturated heterocycles. The van der Waals surface area contributed by atoms with Gasteiger partial charge in [0.15, 0.2) is 0 Å². The van der Waals surface area contributed by atoms with Crippen LogP contribution in [0.1, 0.15) is 12.5 Å². The largest absolute Gasteiger partial charge is 0.355 e. The third-order valence-electron chi connectivity index (χ3n) is 3.19. The van der Waals surface area contributed by atoms with E-state index >= 15 is 0 Å². The van der Waals surface area contributed by atoms with Crippen LogP contribution in [0.15, 0.2) is 53.4 Å². The zero-order valence-corrected chi connectivity index (χ0v) is 14.9. The summed E-state index contributed by atoms with van der Waals surface area (Å²) in [5, 5.41) is 6.32. The lowest BCUT2D eigenvalue weighted by Crippen LogP contribution is -2.27. The van der Waals surface area contributed by atoms with Crippen LogP contribution in [0.5, 0.6) is 0 Å². The quantitative estimate of drug-likeness (QED) is 0.737. The molecular formula is C18H19ClN2O2S. The van der Waals surface area contributed by atoms with E-state index in [0.29, 0.717) is 17.3 Å². The smallest absolute Gasteiger partial charge is 0.230 e. The summed E-state index contributed by atoms with van der Waals surface area (Å²) in [6, 6.07) is 15.0. The third-order valence-corrected chi connectivity index (χ3v) is 4.46. The number of amides is 2. The molecule has 0 aliphatic heterocycles. The molecule has 0 atom stereocenters. The summed E-state index contributed by atoms with van der Waals surface area (Å²) in [7, 11) is 0. The summed E-state index contributed by atoms with van der Waals surface area (Å²) in [4.78, 5) is 23.8. The van der Waals surface area contributed by atoms with Gasteiger partial charge in [-0.15, -0.1) is 11.8 Å². The van der Waals surface area contributed by atoms with Gasteiger partial charge in [-0.1, -0.05) is 23.7 Å². The molecule has 0 aliphatic carbocycles. The second-order valence-corrected chi connectivity index (χ2v) is 6.71. The number of hydrogen-bond donors (Lipinski definition) is 2. The van der Waals surface area contributed by atoms with Crippen molar-refractivity contribution in [1.29, 1.82) is 0 Å². The molecule has 6 heteroatoms. The zero-order chi connectivity index (χ0) is 17.4. The highest BCUT2D eigenvalue weighted by Crippen LogP contribution is 2.20.